The minimum absolute atomic E-state index is 0.0936. The summed E-state index contributed by atoms with van der Waals surface area (Å²) in [6.07, 6.45) is 0. The number of phenols is 1. The van der Waals surface area contributed by atoms with Crippen molar-refractivity contribution in [1.82, 2.24) is 4.98 Å². The SMILES string of the molecule is O=c1[nH]c2c(Br)cc(O)cc2c2ccsc12. The Kier molecular flexibility index (Phi) is 2.05. The van der Waals surface area contributed by atoms with Crippen LogP contribution in [0.3, 0.4) is 0 Å². The van der Waals surface area contributed by atoms with Crippen LogP contribution in [0.25, 0.3) is 21.0 Å². The third kappa shape index (κ3) is 1.28. The third-order valence-corrected chi connectivity index (χ3v) is 4.01. The number of rotatable bonds is 0. The average molecular weight is 296 g/mol. The molecule has 0 amide bonds. The first-order chi connectivity index (χ1) is 7.66. The van der Waals surface area contributed by atoms with E-state index in [1.807, 2.05) is 11.4 Å². The second-order valence-corrected chi connectivity index (χ2v) is 5.24. The van der Waals surface area contributed by atoms with Gasteiger partial charge in [0.05, 0.1) is 5.52 Å². The normalized spacial score (nSPS) is 11.3. The molecule has 3 rings (SSSR count). The van der Waals surface area contributed by atoms with E-state index in [2.05, 4.69) is 20.9 Å². The Morgan fingerprint density at radius 2 is 2.12 bits per heavy atom. The lowest BCUT2D eigenvalue weighted by Gasteiger charge is -2.03. The second kappa shape index (κ2) is 3.33. The summed E-state index contributed by atoms with van der Waals surface area (Å²) < 4.78 is 1.37. The van der Waals surface area contributed by atoms with E-state index in [0.717, 1.165) is 10.8 Å². The van der Waals surface area contributed by atoms with E-state index < -0.39 is 0 Å². The van der Waals surface area contributed by atoms with E-state index in [1.165, 1.54) is 11.3 Å². The fraction of sp³-hybridized carbons (Fsp3) is 0. The number of aromatic amines is 1. The summed E-state index contributed by atoms with van der Waals surface area (Å²) >= 11 is 4.73. The molecule has 0 aliphatic rings. The molecule has 16 heavy (non-hydrogen) atoms. The van der Waals surface area contributed by atoms with E-state index in [4.69, 9.17) is 0 Å². The predicted octanol–water partition coefficient (Wildman–Crippen LogP) is 3.21. The van der Waals surface area contributed by atoms with E-state index in [0.29, 0.717) is 14.7 Å². The van der Waals surface area contributed by atoms with Gasteiger partial charge in [-0.25, -0.2) is 0 Å². The monoisotopic (exact) mass is 295 g/mol. The van der Waals surface area contributed by atoms with Gasteiger partial charge in [0.25, 0.3) is 5.56 Å². The van der Waals surface area contributed by atoms with Gasteiger partial charge in [0, 0.05) is 15.2 Å². The largest absolute Gasteiger partial charge is 0.508 e. The first-order valence-electron chi connectivity index (χ1n) is 4.58. The molecule has 1 aromatic carbocycles. The molecule has 80 valence electrons. The molecule has 5 heteroatoms. The van der Waals surface area contributed by atoms with Gasteiger partial charge in [-0.1, -0.05) is 0 Å². The van der Waals surface area contributed by atoms with Gasteiger partial charge >= 0.3 is 0 Å². The molecule has 2 aromatic heterocycles. The Morgan fingerprint density at radius 3 is 2.94 bits per heavy atom. The topological polar surface area (TPSA) is 53.1 Å². The molecule has 0 aliphatic heterocycles. The Labute approximate surface area is 102 Å². The summed E-state index contributed by atoms with van der Waals surface area (Å²) in [6.45, 7) is 0. The van der Waals surface area contributed by atoms with Crippen molar-refractivity contribution in [1.29, 1.82) is 0 Å². The number of thiophene rings is 1. The van der Waals surface area contributed by atoms with Crippen LogP contribution in [0, 0.1) is 0 Å². The third-order valence-electron chi connectivity index (χ3n) is 2.48. The van der Waals surface area contributed by atoms with Crippen molar-refractivity contribution in [3.05, 3.63) is 38.4 Å². The van der Waals surface area contributed by atoms with Gasteiger partial charge < -0.3 is 10.1 Å². The maximum absolute atomic E-state index is 11.8. The Morgan fingerprint density at radius 1 is 1.31 bits per heavy atom. The highest BCUT2D eigenvalue weighted by atomic mass is 79.9. The summed E-state index contributed by atoms with van der Waals surface area (Å²) in [5.74, 6) is 0.180. The van der Waals surface area contributed by atoms with Gasteiger partial charge in [-0.2, -0.15) is 0 Å². The molecule has 0 saturated heterocycles. The van der Waals surface area contributed by atoms with Crippen LogP contribution in [0.2, 0.25) is 0 Å². The van der Waals surface area contributed by atoms with Crippen molar-refractivity contribution in [3.63, 3.8) is 0 Å². The van der Waals surface area contributed by atoms with E-state index in [-0.39, 0.29) is 11.3 Å². The number of H-pyrrole nitrogens is 1. The molecule has 0 radical (unpaired) electrons. The lowest BCUT2D eigenvalue weighted by Crippen LogP contribution is -2.04. The van der Waals surface area contributed by atoms with Crippen molar-refractivity contribution in [2.24, 2.45) is 0 Å². The number of nitrogens with one attached hydrogen (secondary N) is 1. The molecule has 0 bridgehead atoms. The molecule has 2 heterocycles. The van der Waals surface area contributed by atoms with Crippen LogP contribution >= 0.6 is 27.3 Å². The molecular formula is C11H6BrNO2S. The molecular weight excluding hydrogens is 290 g/mol. The van der Waals surface area contributed by atoms with Crippen LogP contribution < -0.4 is 5.56 Å². The quantitative estimate of drug-likeness (QED) is 0.669. The molecule has 2 N–H and O–H groups in total. The molecule has 3 nitrogen and oxygen atoms in total. The molecule has 0 unspecified atom stereocenters. The van der Waals surface area contributed by atoms with Crippen LogP contribution in [-0.4, -0.2) is 10.1 Å². The fourth-order valence-corrected chi connectivity index (χ4v) is 3.15. The maximum atomic E-state index is 11.8. The van der Waals surface area contributed by atoms with E-state index in [9.17, 15) is 9.90 Å². The fourth-order valence-electron chi connectivity index (χ4n) is 1.80. The zero-order chi connectivity index (χ0) is 11.3. The number of halogens is 1. The maximum Gasteiger partial charge on any atom is 0.266 e. The molecule has 0 spiro atoms. The smallest absolute Gasteiger partial charge is 0.266 e. The van der Waals surface area contributed by atoms with E-state index in [1.54, 1.807) is 12.1 Å². The zero-order valence-corrected chi connectivity index (χ0v) is 10.4. The van der Waals surface area contributed by atoms with Gasteiger partial charge in [0.15, 0.2) is 0 Å². The van der Waals surface area contributed by atoms with Crippen molar-refractivity contribution in [3.8, 4) is 5.75 Å². The second-order valence-electron chi connectivity index (χ2n) is 3.47. The predicted molar refractivity (Wildman–Crippen MR) is 69.3 cm³/mol. The zero-order valence-electron chi connectivity index (χ0n) is 7.95. The van der Waals surface area contributed by atoms with Crippen molar-refractivity contribution >= 4 is 48.3 Å². The van der Waals surface area contributed by atoms with Gasteiger partial charge in [0.1, 0.15) is 10.4 Å². The summed E-state index contributed by atoms with van der Waals surface area (Å²) in [5, 5.41) is 13.2. The van der Waals surface area contributed by atoms with Crippen molar-refractivity contribution in [2.45, 2.75) is 0 Å². The summed E-state index contributed by atoms with van der Waals surface area (Å²) in [6, 6.07) is 5.12. The number of fused-ring (bicyclic) bond motifs is 3. The molecule has 3 aromatic rings. The van der Waals surface area contributed by atoms with E-state index >= 15 is 0 Å². The Hall–Kier alpha value is -1.33. The number of pyridine rings is 1. The van der Waals surface area contributed by atoms with Gasteiger partial charge in [-0.05, 0) is 39.5 Å². The minimum atomic E-state index is -0.0936. The van der Waals surface area contributed by atoms with Crippen LogP contribution in [0.15, 0.2) is 32.8 Å². The van der Waals surface area contributed by atoms with Crippen LogP contribution in [0.1, 0.15) is 0 Å². The standard InChI is InChI=1S/C11H6BrNO2S/c12-8-4-5(14)3-7-6-1-2-16-10(6)11(15)13-9(7)8/h1-4,14H,(H,13,15). The number of hydrogen-bond donors (Lipinski definition) is 2. The summed E-state index contributed by atoms with van der Waals surface area (Å²) in [5.41, 5.74) is 0.623. The number of hydrogen-bond acceptors (Lipinski definition) is 3. The van der Waals surface area contributed by atoms with Crippen molar-refractivity contribution < 1.29 is 5.11 Å². The Bertz CT molecular complexity index is 760. The first kappa shape index (κ1) is 9.86. The molecule has 0 atom stereocenters. The van der Waals surface area contributed by atoms with Crippen LogP contribution in [0.5, 0.6) is 5.75 Å². The highest BCUT2D eigenvalue weighted by Crippen LogP contribution is 2.32. The van der Waals surface area contributed by atoms with Gasteiger partial charge in [-0.3, -0.25) is 4.79 Å². The summed E-state index contributed by atoms with van der Waals surface area (Å²) in [4.78, 5) is 14.6. The minimum Gasteiger partial charge on any atom is -0.508 e. The number of phenolic OH excluding ortho intramolecular Hbond substituents is 1. The number of benzene rings is 1. The highest BCUT2D eigenvalue weighted by molar-refractivity contribution is 9.10. The lowest BCUT2D eigenvalue weighted by atomic mass is 10.1. The highest BCUT2D eigenvalue weighted by Gasteiger charge is 2.09. The average Bonchev–Trinajstić information content (AvgIpc) is 2.69. The molecule has 0 saturated carbocycles. The summed E-state index contributed by atoms with van der Waals surface area (Å²) in [7, 11) is 0. The molecule has 0 aliphatic carbocycles. The van der Waals surface area contributed by atoms with Gasteiger partial charge in [0.2, 0.25) is 0 Å². The van der Waals surface area contributed by atoms with Gasteiger partial charge in [-0.15, -0.1) is 11.3 Å². The molecule has 0 fully saturated rings. The van der Waals surface area contributed by atoms with Crippen molar-refractivity contribution in [2.75, 3.05) is 0 Å². The number of aromatic hydroxyl groups is 1. The first-order valence-corrected chi connectivity index (χ1v) is 6.26. The van der Waals surface area contributed by atoms with Crippen LogP contribution in [-0.2, 0) is 0 Å². The lowest BCUT2D eigenvalue weighted by molar-refractivity contribution is 0.476. The Balaban J connectivity index is 2.69. The van der Waals surface area contributed by atoms with Crippen LogP contribution in [0.4, 0.5) is 0 Å². The number of aromatic nitrogens is 1.